The summed E-state index contributed by atoms with van der Waals surface area (Å²) in [6.07, 6.45) is 1.21. The maximum atomic E-state index is 2.59. The van der Waals surface area contributed by atoms with Crippen molar-refractivity contribution in [1.29, 1.82) is 0 Å². The Kier molecular flexibility index (Phi) is 3.16. The van der Waals surface area contributed by atoms with E-state index in [2.05, 4.69) is 72.5 Å². The average Bonchev–Trinajstić information content (AvgIpc) is 3.15. The lowest BCUT2D eigenvalue weighted by atomic mass is 10.0. The van der Waals surface area contributed by atoms with Gasteiger partial charge in [0, 0.05) is 0 Å². The molecule has 0 amide bonds. The number of nitrogens with zero attached hydrogens (tertiary/aromatic N) is 1. The average molecular weight is 237 g/mol. The summed E-state index contributed by atoms with van der Waals surface area (Å²) in [5, 5.41) is 0. The Balaban J connectivity index is 1.86. The Morgan fingerprint density at radius 3 is 1.61 bits per heavy atom. The van der Waals surface area contributed by atoms with Gasteiger partial charge in [0.2, 0.25) is 0 Å². The fourth-order valence-corrected chi connectivity index (χ4v) is 2.86. The summed E-state index contributed by atoms with van der Waals surface area (Å²) in [6, 6.07) is 22.9. The third-order valence-electron chi connectivity index (χ3n) is 3.69. The van der Waals surface area contributed by atoms with Crippen molar-refractivity contribution in [3.63, 3.8) is 0 Å². The van der Waals surface area contributed by atoms with E-state index in [0.29, 0.717) is 12.1 Å². The minimum Gasteiger partial charge on any atom is -0.286 e. The van der Waals surface area contributed by atoms with Gasteiger partial charge in [0.1, 0.15) is 0 Å². The standard InChI is InChI=1S/C17H19N/c1-2-13-18-16(14-9-5-3-6-10-14)17(18)15-11-7-4-8-12-15/h3-12,16-17H,2,13H2,1H3/t16-,17-/m0/s1. The lowest BCUT2D eigenvalue weighted by molar-refractivity contribution is 0.482. The smallest absolute Gasteiger partial charge is 0.0552 e. The van der Waals surface area contributed by atoms with Crippen molar-refractivity contribution in [2.75, 3.05) is 6.54 Å². The highest BCUT2D eigenvalue weighted by Crippen LogP contribution is 2.54. The lowest BCUT2D eigenvalue weighted by Gasteiger charge is -2.00. The highest BCUT2D eigenvalue weighted by atomic mass is 15.3. The van der Waals surface area contributed by atoms with Crippen LogP contribution in [0.15, 0.2) is 60.7 Å². The molecule has 0 aromatic heterocycles. The van der Waals surface area contributed by atoms with Gasteiger partial charge in [0.05, 0.1) is 12.1 Å². The maximum Gasteiger partial charge on any atom is 0.0552 e. The van der Waals surface area contributed by atoms with E-state index in [-0.39, 0.29) is 0 Å². The van der Waals surface area contributed by atoms with Crippen LogP contribution in [0, 0.1) is 0 Å². The predicted molar refractivity (Wildman–Crippen MR) is 75.4 cm³/mol. The maximum absolute atomic E-state index is 2.59. The Hall–Kier alpha value is -1.60. The molecule has 1 aliphatic rings. The Labute approximate surface area is 109 Å². The first-order chi connectivity index (χ1) is 8.92. The topological polar surface area (TPSA) is 3.01 Å². The van der Waals surface area contributed by atoms with Gasteiger partial charge in [0.25, 0.3) is 0 Å². The summed E-state index contributed by atoms with van der Waals surface area (Å²) in [4.78, 5) is 2.59. The van der Waals surface area contributed by atoms with Crippen LogP contribution in [0.25, 0.3) is 0 Å². The zero-order valence-corrected chi connectivity index (χ0v) is 10.8. The van der Waals surface area contributed by atoms with Gasteiger partial charge in [-0.3, -0.25) is 4.90 Å². The first-order valence-electron chi connectivity index (χ1n) is 6.77. The molecule has 0 saturated carbocycles. The van der Waals surface area contributed by atoms with Crippen LogP contribution in [0.3, 0.4) is 0 Å². The molecule has 2 aromatic carbocycles. The van der Waals surface area contributed by atoms with E-state index in [4.69, 9.17) is 0 Å². The van der Waals surface area contributed by atoms with Crippen LogP contribution in [-0.4, -0.2) is 11.4 Å². The van der Waals surface area contributed by atoms with Crippen LogP contribution in [0.5, 0.6) is 0 Å². The molecule has 0 N–H and O–H groups in total. The minimum atomic E-state index is 0.577. The zero-order valence-electron chi connectivity index (χ0n) is 10.8. The Morgan fingerprint density at radius 1 is 0.778 bits per heavy atom. The molecule has 0 radical (unpaired) electrons. The summed E-state index contributed by atoms with van der Waals surface area (Å²) >= 11 is 0. The van der Waals surface area contributed by atoms with Crippen LogP contribution in [0.4, 0.5) is 0 Å². The van der Waals surface area contributed by atoms with E-state index < -0.39 is 0 Å². The zero-order chi connectivity index (χ0) is 12.4. The summed E-state index contributed by atoms with van der Waals surface area (Å²) in [5.74, 6) is 0. The molecule has 1 nitrogen and oxygen atoms in total. The van der Waals surface area contributed by atoms with Gasteiger partial charge in [-0.1, -0.05) is 67.6 Å². The minimum absolute atomic E-state index is 0.577. The van der Waals surface area contributed by atoms with Crippen LogP contribution >= 0.6 is 0 Å². The van der Waals surface area contributed by atoms with Crippen LogP contribution in [0.1, 0.15) is 36.6 Å². The Morgan fingerprint density at radius 2 is 1.22 bits per heavy atom. The third kappa shape index (κ3) is 2.06. The van der Waals surface area contributed by atoms with E-state index in [1.165, 1.54) is 24.1 Å². The number of hydrogen-bond donors (Lipinski definition) is 0. The molecule has 1 heteroatoms. The quantitative estimate of drug-likeness (QED) is 0.720. The molecule has 0 spiro atoms. The fourth-order valence-electron chi connectivity index (χ4n) is 2.86. The Bertz CT molecular complexity index is 446. The van der Waals surface area contributed by atoms with Crippen molar-refractivity contribution in [3.8, 4) is 0 Å². The van der Waals surface area contributed by atoms with Crippen molar-refractivity contribution < 1.29 is 0 Å². The van der Waals surface area contributed by atoms with E-state index in [1.54, 1.807) is 0 Å². The van der Waals surface area contributed by atoms with Crippen molar-refractivity contribution >= 4 is 0 Å². The molecule has 0 bridgehead atoms. The van der Waals surface area contributed by atoms with Gasteiger partial charge < -0.3 is 0 Å². The highest BCUT2D eigenvalue weighted by Gasteiger charge is 2.48. The largest absolute Gasteiger partial charge is 0.286 e. The summed E-state index contributed by atoms with van der Waals surface area (Å²) in [6.45, 7) is 3.43. The molecule has 2 atom stereocenters. The molecule has 1 fully saturated rings. The van der Waals surface area contributed by atoms with Gasteiger partial charge in [-0.15, -0.1) is 0 Å². The number of benzene rings is 2. The van der Waals surface area contributed by atoms with Crippen molar-refractivity contribution in [3.05, 3.63) is 71.8 Å². The highest BCUT2D eigenvalue weighted by molar-refractivity contribution is 5.34. The van der Waals surface area contributed by atoms with Gasteiger partial charge >= 0.3 is 0 Å². The SMILES string of the molecule is CCCN1[C@@H](c2ccccc2)[C@@H]1c1ccccc1. The second-order valence-electron chi connectivity index (χ2n) is 4.95. The first kappa shape index (κ1) is 11.5. The van der Waals surface area contributed by atoms with Crippen molar-refractivity contribution in [2.45, 2.75) is 25.4 Å². The third-order valence-corrected chi connectivity index (χ3v) is 3.69. The summed E-state index contributed by atoms with van der Waals surface area (Å²) in [7, 11) is 0. The molecule has 0 unspecified atom stereocenters. The number of hydrogen-bond acceptors (Lipinski definition) is 1. The molecule has 92 valence electrons. The van der Waals surface area contributed by atoms with Gasteiger partial charge in [-0.2, -0.15) is 0 Å². The first-order valence-corrected chi connectivity index (χ1v) is 6.77. The van der Waals surface area contributed by atoms with E-state index in [9.17, 15) is 0 Å². The van der Waals surface area contributed by atoms with Crippen molar-refractivity contribution in [2.24, 2.45) is 0 Å². The molecule has 18 heavy (non-hydrogen) atoms. The fraction of sp³-hybridized carbons (Fsp3) is 0.294. The summed E-state index contributed by atoms with van der Waals surface area (Å²) in [5.41, 5.74) is 2.89. The molecule has 1 aliphatic heterocycles. The number of rotatable bonds is 4. The molecule has 1 heterocycles. The molecule has 2 aromatic rings. The predicted octanol–water partition coefficient (Wildman–Crippen LogP) is 4.19. The molecule has 3 rings (SSSR count). The summed E-state index contributed by atoms with van der Waals surface area (Å²) < 4.78 is 0. The van der Waals surface area contributed by atoms with Gasteiger partial charge in [-0.25, -0.2) is 0 Å². The second kappa shape index (κ2) is 4.95. The molecule has 1 saturated heterocycles. The van der Waals surface area contributed by atoms with Crippen LogP contribution in [-0.2, 0) is 0 Å². The second-order valence-corrected chi connectivity index (χ2v) is 4.95. The van der Waals surface area contributed by atoms with Gasteiger partial charge in [0.15, 0.2) is 0 Å². The monoisotopic (exact) mass is 237 g/mol. The van der Waals surface area contributed by atoms with E-state index >= 15 is 0 Å². The normalized spacial score (nSPS) is 25.9. The van der Waals surface area contributed by atoms with Crippen molar-refractivity contribution in [1.82, 2.24) is 4.90 Å². The van der Waals surface area contributed by atoms with E-state index in [0.717, 1.165) is 0 Å². The molecule has 0 aliphatic carbocycles. The van der Waals surface area contributed by atoms with Crippen LogP contribution in [0.2, 0.25) is 0 Å². The molecular formula is C17H19N. The van der Waals surface area contributed by atoms with E-state index in [1.807, 2.05) is 0 Å². The van der Waals surface area contributed by atoms with Crippen LogP contribution < -0.4 is 0 Å². The lowest BCUT2D eigenvalue weighted by Crippen LogP contribution is -2.00. The molecular weight excluding hydrogens is 218 g/mol. The van der Waals surface area contributed by atoms with Gasteiger partial charge in [-0.05, 0) is 24.1 Å².